The number of Topliss-reactive ketones (excluding diaryl/α,β-unsaturated/α-hetero) is 1. The van der Waals surface area contributed by atoms with Crippen molar-refractivity contribution in [1.82, 2.24) is 0 Å². The topological polar surface area (TPSA) is 124 Å². The number of hydrogen-bond acceptors (Lipinski definition) is 5. The number of amides is 1. The molecule has 18 heavy (non-hydrogen) atoms. The number of aliphatic hydroxyl groups is 1. The maximum absolute atomic E-state index is 11.1. The number of nitrogens with zero attached hydrogens (tertiary/aromatic N) is 1. The van der Waals surface area contributed by atoms with Gasteiger partial charge in [-0.2, -0.15) is 0 Å². The first-order chi connectivity index (χ1) is 8.34. The monoisotopic (exact) mass is 254 g/mol. The summed E-state index contributed by atoms with van der Waals surface area (Å²) in [6.45, 7) is 0.690. The Bertz CT molecular complexity index is 405. The second-order valence-electron chi connectivity index (χ2n) is 3.36. The third-order valence-corrected chi connectivity index (χ3v) is 1.72. The van der Waals surface area contributed by atoms with E-state index in [0.29, 0.717) is 5.56 Å². The van der Waals surface area contributed by atoms with Crippen molar-refractivity contribution in [2.24, 2.45) is 5.73 Å². The molecule has 0 aromatic heterocycles. The van der Waals surface area contributed by atoms with Crippen LogP contribution in [0.5, 0.6) is 0 Å². The van der Waals surface area contributed by atoms with E-state index in [9.17, 15) is 19.7 Å². The standard InChI is InChI=1S/C9H10O2.C2H4N2O3/c1-7(10)9(11)8-5-3-2-4-6-8;3-2(5)1-4(6)7/h2-7,10H,1H3;1H2,(H2,3,5). The maximum Gasteiger partial charge on any atom is 0.289 e. The summed E-state index contributed by atoms with van der Waals surface area (Å²) in [7, 11) is 0. The molecule has 0 bridgehead atoms. The van der Waals surface area contributed by atoms with Crippen LogP contribution in [0.25, 0.3) is 0 Å². The number of benzene rings is 1. The van der Waals surface area contributed by atoms with E-state index >= 15 is 0 Å². The van der Waals surface area contributed by atoms with Gasteiger partial charge in [0, 0.05) is 10.5 Å². The Balaban J connectivity index is 0.000000360. The molecular weight excluding hydrogens is 240 g/mol. The van der Waals surface area contributed by atoms with Crippen molar-refractivity contribution in [2.75, 3.05) is 6.54 Å². The number of rotatable bonds is 4. The predicted octanol–water partition coefficient (Wildman–Crippen LogP) is -0.00150. The van der Waals surface area contributed by atoms with Crippen molar-refractivity contribution in [3.63, 3.8) is 0 Å². The van der Waals surface area contributed by atoms with Crippen LogP contribution < -0.4 is 5.73 Å². The molecule has 0 saturated heterocycles. The Morgan fingerprint density at radius 1 is 1.39 bits per heavy atom. The number of hydrogen-bond donors (Lipinski definition) is 2. The Morgan fingerprint density at radius 2 is 1.89 bits per heavy atom. The molecule has 0 spiro atoms. The summed E-state index contributed by atoms with van der Waals surface area (Å²) in [5.74, 6) is -1.14. The minimum absolute atomic E-state index is 0.231. The first-order valence-corrected chi connectivity index (χ1v) is 5.02. The largest absolute Gasteiger partial charge is 0.385 e. The molecule has 98 valence electrons. The van der Waals surface area contributed by atoms with E-state index in [1.54, 1.807) is 24.3 Å². The lowest BCUT2D eigenvalue weighted by atomic mass is 10.1. The highest BCUT2D eigenvalue weighted by Crippen LogP contribution is 2.02. The van der Waals surface area contributed by atoms with E-state index in [1.807, 2.05) is 6.07 Å². The molecule has 3 N–H and O–H groups in total. The second-order valence-corrected chi connectivity index (χ2v) is 3.36. The Kier molecular flexibility index (Phi) is 6.91. The summed E-state index contributed by atoms with van der Waals surface area (Å²) in [6, 6.07) is 8.76. The fourth-order valence-electron chi connectivity index (χ4n) is 0.971. The number of nitro groups is 1. The molecule has 1 amide bonds. The van der Waals surface area contributed by atoms with Gasteiger partial charge in [-0.25, -0.2) is 0 Å². The molecule has 0 aliphatic heterocycles. The van der Waals surface area contributed by atoms with Gasteiger partial charge in [0.05, 0.1) is 0 Å². The zero-order chi connectivity index (χ0) is 14.1. The van der Waals surface area contributed by atoms with Crippen LogP contribution >= 0.6 is 0 Å². The smallest absolute Gasteiger partial charge is 0.289 e. The molecule has 0 aliphatic rings. The van der Waals surface area contributed by atoms with Gasteiger partial charge in [0.2, 0.25) is 0 Å². The van der Waals surface area contributed by atoms with Gasteiger partial charge >= 0.3 is 0 Å². The van der Waals surface area contributed by atoms with Gasteiger partial charge in [-0.1, -0.05) is 30.3 Å². The SMILES string of the molecule is CC(O)C(=O)c1ccccc1.NC(=O)C[N+](=O)[O-]. The molecule has 1 atom stereocenters. The van der Waals surface area contributed by atoms with Gasteiger partial charge in [-0.15, -0.1) is 0 Å². The van der Waals surface area contributed by atoms with E-state index < -0.39 is 23.5 Å². The number of carbonyl (C=O) groups excluding carboxylic acids is 2. The Labute approximate surface area is 103 Å². The molecule has 0 aliphatic carbocycles. The van der Waals surface area contributed by atoms with Crippen LogP contribution in [-0.4, -0.2) is 34.4 Å². The minimum atomic E-state index is -0.912. The van der Waals surface area contributed by atoms with Gasteiger partial charge in [-0.3, -0.25) is 19.7 Å². The number of ketones is 1. The van der Waals surface area contributed by atoms with Gasteiger partial charge in [0.15, 0.2) is 5.78 Å². The molecular formula is C11H14N2O5. The van der Waals surface area contributed by atoms with Crippen molar-refractivity contribution in [3.8, 4) is 0 Å². The molecule has 1 aromatic rings. The fourth-order valence-corrected chi connectivity index (χ4v) is 0.971. The average Bonchev–Trinajstić information content (AvgIpc) is 2.28. The first-order valence-electron chi connectivity index (χ1n) is 5.02. The highest BCUT2D eigenvalue weighted by atomic mass is 16.6. The fraction of sp³-hybridized carbons (Fsp3) is 0.273. The van der Waals surface area contributed by atoms with Crippen LogP contribution in [0.4, 0.5) is 0 Å². The number of nitrogens with two attached hydrogens (primary N) is 1. The van der Waals surface area contributed by atoms with E-state index in [2.05, 4.69) is 5.73 Å². The highest BCUT2D eigenvalue weighted by Gasteiger charge is 2.09. The normalized spacial score (nSPS) is 10.8. The third kappa shape index (κ3) is 7.07. The zero-order valence-electron chi connectivity index (χ0n) is 9.78. The summed E-state index contributed by atoms with van der Waals surface area (Å²) in [5, 5.41) is 18.2. The van der Waals surface area contributed by atoms with E-state index in [0.717, 1.165) is 0 Å². The van der Waals surface area contributed by atoms with E-state index in [-0.39, 0.29) is 5.78 Å². The van der Waals surface area contributed by atoms with Crippen LogP contribution in [0.2, 0.25) is 0 Å². The summed E-state index contributed by atoms with van der Waals surface area (Å²) >= 11 is 0. The first kappa shape index (κ1) is 15.7. The van der Waals surface area contributed by atoms with Crippen molar-refractivity contribution in [1.29, 1.82) is 0 Å². The van der Waals surface area contributed by atoms with E-state index in [4.69, 9.17) is 5.11 Å². The van der Waals surface area contributed by atoms with Crippen LogP contribution in [0.1, 0.15) is 17.3 Å². The minimum Gasteiger partial charge on any atom is -0.385 e. The summed E-state index contributed by atoms with van der Waals surface area (Å²) in [4.78, 5) is 29.2. The summed E-state index contributed by atoms with van der Waals surface area (Å²) in [5.41, 5.74) is 4.97. The molecule has 1 unspecified atom stereocenters. The van der Waals surface area contributed by atoms with Crippen molar-refractivity contribution in [2.45, 2.75) is 13.0 Å². The zero-order valence-corrected chi connectivity index (χ0v) is 9.78. The summed E-state index contributed by atoms with van der Waals surface area (Å²) < 4.78 is 0. The van der Waals surface area contributed by atoms with Crippen molar-refractivity contribution < 1.29 is 19.6 Å². The lowest BCUT2D eigenvalue weighted by Crippen LogP contribution is -2.21. The average molecular weight is 254 g/mol. The molecule has 0 radical (unpaired) electrons. The van der Waals surface area contributed by atoms with Gasteiger partial charge in [0.1, 0.15) is 6.10 Å². The molecule has 0 saturated carbocycles. The maximum atomic E-state index is 11.1. The number of aliphatic hydroxyl groups excluding tert-OH is 1. The molecule has 0 heterocycles. The van der Waals surface area contributed by atoms with Crippen LogP contribution in [0.3, 0.4) is 0 Å². The highest BCUT2D eigenvalue weighted by molar-refractivity contribution is 5.98. The Morgan fingerprint density at radius 3 is 2.17 bits per heavy atom. The number of primary amides is 1. The van der Waals surface area contributed by atoms with Gasteiger partial charge in [-0.05, 0) is 6.92 Å². The second kappa shape index (κ2) is 7.91. The molecule has 1 rings (SSSR count). The van der Waals surface area contributed by atoms with Crippen molar-refractivity contribution >= 4 is 11.7 Å². The van der Waals surface area contributed by atoms with Gasteiger partial charge < -0.3 is 10.8 Å². The Hall–Kier alpha value is -2.28. The molecule has 7 nitrogen and oxygen atoms in total. The quantitative estimate of drug-likeness (QED) is 0.444. The van der Waals surface area contributed by atoms with Crippen molar-refractivity contribution in [3.05, 3.63) is 46.0 Å². The summed E-state index contributed by atoms with van der Waals surface area (Å²) in [6.07, 6.45) is -0.905. The molecule has 1 aromatic carbocycles. The number of carbonyl (C=O) groups is 2. The predicted molar refractivity (Wildman–Crippen MR) is 63.5 cm³/mol. The van der Waals surface area contributed by atoms with Gasteiger partial charge in [0.25, 0.3) is 12.5 Å². The third-order valence-electron chi connectivity index (χ3n) is 1.72. The lowest BCUT2D eigenvalue weighted by molar-refractivity contribution is -0.467. The molecule has 0 fully saturated rings. The van der Waals surface area contributed by atoms with Crippen LogP contribution in [0, 0.1) is 10.1 Å². The molecule has 7 heteroatoms. The van der Waals surface area contributed by atoms with Crippen LogP contribution in [0.15, 0.2) is 30.3 Å². The van der Waals surface area contributed by atoms with E-state index in [1.165, 1.54) is 6.92 Å². The van der Waals surface area contributed by atoms with Crippen LogP contribution in [-0.2, 0) is 4.79 Å². The lowest BCUT2D eigenvalue weighted by Gasteiger charge is -2.01.